The van der Waals surface area contributed by atoms with E-state index in [9.17, 15) is 18.0 Å². The average Bonchev–Trinajstić information content (AvgIpc) is 2.88. The minimum atomic E-state index is -3.76. The summed E-state index contributed by atoms with van der Waals surface area (Å²) >= 11 is 0. The molecule has 124 valence electrons. The molecule has 1 aliphatic rings. The van der Waals surface area contributed by atoms with Gasteiger partial charge in [0.05, 0.1) is 17.0 Å². The molecule has 2 heterocycles. The molecule has 3 rings (SSSR count). The first kappa shape index (κ1) is 15.7. The number of carbonyl (C=O) groups is 1. The molecule has 0 spiro atoms. The molecule has 1 aromatic heterocycles. The molecular weight excluding hydrogens is 326 g/mol. The molecule has 23 heavy (non-hydrogen) atoms. The number of amides is 1. The first-order chi connectivity index (χ1) is 11.0. The lowest BCUT2D eigenvalue weighted by atomic mass is 10.3. The number of H-pyrrole nitrogens is 1. The molecule has 1 aliphatic heterocycles. The van der Waals surface area contributed by atoms with Crippen molar-refractivity contribution < 1.29 is 22.4 Å². The summed E-state index contributed by atoms with van der Waals surface area (Å²) in [4.78, 5) is 26.6. The molecule has 1 amide bonds. The van der Waals surface area contributed by atoms with Gasteiger partial charge in [0, 0.05) is 25.7 Å². The van der Waals surface area contributed by atoms with E-state index in [1.807, 2.05) is 0 Å². The predicted molar refractivity (Wildman–Crippen MR) is 79.4 cm³/mol. The van der Waals surface area contributed by atoms with Crippen LogP contribution in [0.2, 0.25) is 0 Å². The molecule has 2 N–H and O–H groups in total. The van der Waals surface area contributed by atoms with Crippen molar-refractivity contribution in [2.45, 2.75) is 4.90 Å². The number of fused-ring (bicyclic) bond motifs is 1. The number of carbonyl (C=O) groups excluding carboxylic acids is 1. The molecule has 1 aromatic carbocycles. The van der Waals surface area contributed by atoms with E-state index >= 15 is 0 Å². The number of sulfonamides is 1. The van der Waals surface area contributed by atoms with Crippen LogP contribution in [0.25, 0.3) is 11.1 Å². The lowest BCUT2D eigenvalue weighted by Gasteiger charge is -2.26. The van der Waals surface area contributed by atoms with Crippen molar-refractivity contribution in [1.82, 2.24) is 14.6 Å². The number of hydrogen-bond donors (Lipinski definition) is 2. The van der Waals surface area contributed by atoms with Crippen LogP contribution < -0.4 is 10.5 Å². The normalized spacial score (nSPS) is 16.2. The quantitative estimate of drug-likeness (QED) is 0.738. The van der Waals surface area contributed by atoms with Gasteiger partial charge >= 0.3 is 5.76 Å². The highest BCUT2D eigenvalue weighted by atomic mass is 32.2. The molecule has 0 atom stereocenters. The number of rotatable bonds is 5. The van der Waals surface area contributed by atoms with Crippen LogP contribution in [0.5, 0.6) is 0 Å². The van der Waals surface area contributed by atoms with Gasteiger partial charge in [-0.25, -0.2) is 17.9 Å². The molecular formula is C13H15N3O6S. The number of ether oxygens (including phenoxy) is 1. The van der Waals surface area contributed by atoms with Gasteiger partial charge in [-0.1, -0.05) is 0 Å². The fourth-order valence-electron chi connectivity index (χ4n) is 2.28. The predicted octanol–water partition coefficient (Wildman–Crippen LogP) is -0.742. The Labute approximate surface area is 131 Å². The van der Waals surface area contributed by atoms with Gasteiger partial charge in [0.25, 0.3) is 0 Å². The summed E-state index contributed by atoms with van der Waals surface area (Å²) < 4.78 is 36.7. The number of aromatic amines is 1. The Morgan fingerprint density at radius 3 is 2.91 bits per heavy atom. The summed E-state index contributed by atoms with van der Waals surface area (Å²) in [5.74, 6) is -0.806. The van der Waals surface area contributed by atoms with Crippen molar-refractivity contribution in [3.63, 3.8) is 0 Å². The fourth-order valence-corrected chi connectivity index (χ4v) is 3.31. The van der Waals surface area contributed by atoms with E-state index in [0.29, 0.717) is 18.7 Å². The van der Waals surface area contributed by atoms with Crippen LogP contribution in [0.3, 0.4) is 0 Å². The van der Waals surface area contributed by atoms with Crippen LogP contribution in [0.4, 0.5) is 0 Å². The molecule has 10 heteroatoms. The second-order valence-electron chi connectivity index (χ2n) is 5.00. The zero-order valence-corrected chi connectivity index (χ0v) is 12.9. The van der Waals surface area contributed by atoms with Gasteiger partial charge in [-0.3, -0.25) is 9.78 Å². The van der Waals surface area contributed by atoms with Crippen LogP contribution >= 0.6 is 0 Å². The van der Waals surface area contributed by atoms with E-state index in [2.05, 4.69) is 9.71 Å². The third-order valence-electron chi connectivity index (χ3n) is 3.46. The van der Waals surface area contributed by atoms with Gasteiger partial charge in [-0.05, 0) is 12.1 Å². The van der Waals surface area contributed by atoms with E-state index in [-0.39, 0.29) is 36.1 Å². The van der Waals surface area contributed by atoms with Gasteiger partial charge in [0.1, 0.15) is 6.61 Å². The number of oxazole rings is 1. The summed E-state index contributed by atoms with van der Waals surface area (Å²) in [5.41, 5.74) is 0.592. The maximum Gasteiger partial charge on any atom is 0.417 e. The second-order valence-corrected chi connectivity index (χ2v) is 6.77. The molecule has 1 saturated heterocycles. The lowest BCUT2D eigenvalue weighted by molar-refractivity contribution is -0.142. The molecule has 0 radical (unpaired) electrons. The highest BCUT2D eigenvalue weighted by molar-refractivity contribution is 7.89. The highest BCUT2D eigenvalue weighted by Gasteiger charge is 2.20. The molecule has 0 aliphatic carbocycles. The van der Waals surface area contributed by atoms with E-state index < -0.39 is 15.8 Å². The smallest absolute Gasteiger partial charge is 0.408 e. The van der Waals surface area contributed by atoms with Crippen LogP contribution in [-0.4, -0.2) is 57.1 Å². The summed E-state index contributed by atoms with van der Waals surface area (Å²) in [6, 6.07) is 4.10. The second kappa shape index (κ2) is 6.14. The van der Waals surface area contributed by atoms with Crippen LogP contribution in [0.1, 0.15) is 0 Å². The Morgan fingerprint density at radius 2 is 2.13 bits per heavy atom. The Bertz CT molecular complexity index is 884. The Hall–Kier alpha value is -2.17. The molecule has 0 saturated carbocycles. The zero-order chi connectivity index (χ0) is 16.4. The molecule has 0 unspecified atom stereocenters. The van der Waals surface area contributed by atoms with Crippen molar-refractivity contribution in [3.8, 4) is 0 Å². The van der Waals surface area contributed by atoms with Gasteiger partial charge < -0.3 is 14.1 Å². The van der Waals surface area contributed by atoms with Crippen molar-refractivity contribution in [1.29, 1.82) is 0 Å². The third-order valence-corrected chi connectivity index (χ3v) is 4.92. The highest BCUT2D eigenvalue weighted by Crippen LogP contribution is 2.16. The number of morpholine rings is 1. The molecule has 1 fully saturated rings. The zero-order valence-electron chi connectivity index (χ0n) is 12.1. The molecule has 0 bridgehead atoms. The lowest BCUT2D eigenvalue weighted by Crippen LogP contribution is -2.45. The van der Waals surface area contributed by atoms with Gasteiger partial charge in [0.15, 0.2) is 5.58 Å². The standard InChI is InChI=1S/C13H15N3O6S/c17-12-8-21-6-5-16(12)4-3-14-23(19,20)9-1-2-10-11(7-9)22-13(18)15-10/h1-2,7,14H,3-6,8H2,(H,15,18). The SMILES string of the molecule is O=C1COCCN1CCNS(=O)(=O)c1ccc2[nH]c(=O)oc2c1. The average molecular weight is 341 g/mol. The monoisotopic (exact) mass is 341 g/mol. The van der Waals surface area contributed by atoms with Gasteiger partial charge in [-0.15, -0.1) is 0 Å². The minimum Gasteiger partial charge on any atom is -0.408 e. The maximum atomic E-state index is 12.2. The molecule has 9 nitrogen and oxygen atoms in total. The van der Waals surface area contributed by atoms with E-state index in [0.717, 1.165) is 0 Å². The maximum absolute atomic E-state index is 12.2. The summed E-state index contributed by atoms with van der Waals surface area (Å²) in [6.45, 7) is 1.27. The van der Waals surface area contributed by atoms with Crippen molar-refractivity contribution in [3.05, 3.63) is 28.7 Å². The Balaban J connectivity index is 1.67. The minimum absolute atomic E-state index is 0.0129. The number of hydrogen-bond acceptors (Lipinski definition) is 6. The molecule has 2 aromatic rings. The number of aromatic nitrogens is 1. The van der Waals surface area contributed by atoms with Crippen molar-refractivity contribution in [2.24, 2.45) is 0 Å². The number of benzene rings is 1. The number of nitrogens with one attached hydrogen (secondary N) is 2. The summed E-state index contributed by atoms with van der Waals surface area (Å²) in [7, 11) is -3.76. The van der Waals surface area contributed by atoms with E-state index in [4.69, 9.17) is 9.15 Å². The van der Waals surface area contributed by atoms with Crippen LogP contribution in [0.15, 0.2) is 32.3 Å². The van der Waals surface area contributed by atoms with Crippen LogP contribution in [-0.2, 0) is 19.6 Å². The van der Waals surface area contributed by atoms with Gasteiger partial charge in [0.2, 0.25) is 15.9 Å². The first-order valence-electron chi connectivity index (χ1n) is 6.94. The van der Waals surface area contributed by atoms with E-state index in [1.54, 1.807) is 4.90 Å². The fraction of sp³-hybridized carbons (Fsp3) is 0.385. The van der Waals surface area contributed by atoms with Crippen LogP contribution in [0, 0.1) is 0 Å². The number of nitrogens with zero attached hydrogens (tertiary/aromatic N) is 1. The first-order valence-corrected chi connectivity index (χ1v) is 8.42. The van der Waals surface area contributed by atoms with Crippen molar-refractivity contribution in [2.75, 3.05) is 32.8 Å². The van der Waals surface area contributed by atoms with E-state index in [1.165, 1.54) is 18.2 Å². The summed E-state index contributed by atoms with van der Waals surface area (Å²) in [6.07, 6.45) is 0. The Kier molecular flexibility index (Phi) is 4.20. The third kappa shape index (κ3) is 3.44. The van der Waals surface area contributed by atoms with Crippen molar-refractivity contribution >= 4 is 27.0 Å². The Morgan fingerprint density at radius 1 is 1.30 bits per heavy atom. The largest absolute Gasteiger partial charge is 0.417 e. The topological polar surface area (TPSA) is 122 Å². The summed E-state index contributed by atoms with van der Waals surface area (Å²) in [5, 5.41) is 0. The van der Waals surface area contributed by atoms with Gasteiger partial charge in [-0.2, -0.15) is 0 Å².